The number of thiophene rings is 1. The van der Waals surface area contributed by atoms with E-state index in [9.17, 15) is 9.59 Å². The standard InChI is InChI=1S/C15H14ClN3O3S2/c1-22-8-4-5-9-10(6-8)24-12(11(9)16)14(21)17-15(23)19-18-13(20)7-2-3-7/h4-7H,2-3H2,1H3,(H,18,20)(H2,17,19,21,23). The number of thiocarbonyl (C=S) groups is 1. The first kappa shape index (κ1) is 16.9. The highest BCUT2D eigenvalue weighted by Crippen LogP contribution is 2.37. The third-order valence-electron chi connectivity index (χ3n) is 3.52. The van der Waals surface area contributed by atoms with Crippen LogP contribution in [0.2, 0.25) is 5.02 Å². The molecule has 1 aromatic heterocycles. The van der Waals surface area contributed by atoms with Crippen LogP contribution >= 0.6 is 35.2 Å². The summed E-state index contributed by atoms with van der Waals surface area (Å²) in [5.41, 5.74) is 4.98. The smallest absolute Gasteiger partial charge is 0.269 e. The van der Waals surface area contributed by atoms with Gasteiger partial charge in [-0.05, 0) is 43.3 Å². The highest BCUT2D eigenvalue weighted by molar-refractivity contribution is 7.80. The number of hydrogen-bond acceptors (Lipinski definition) is 5. The molecule has 126 valence electrons. The first-order chi connectivity index (χ1) is 11.5. The Kier molecular flexibility index (Phi) is 4.88. The minimum atomic E-state index is -0.432. The highest BCUT2D eigenvalue weighted by atomic mass is 35.5. The molecule has 3 rings (SSSR count). The molecule has 2 aromatic rings. The molecule has 3 N–H and O–H groups in total. The first-order valence-electron chi connectivity index (χ1n) is 7.17. The summed E-state index contributed by atoms with van der Waals surface area (Å²) in [6, 6.07) is 5.40. The molecule has 0 aliphatic heterocycles. The Morgan fingerprint density at radius 1 is 1.33 bits per heavy atom. The number of ether oxygens (including phenoxy) is 1. The van der Waals surface area contributed by atoms with E-state index in [0.717, 1.165) is 22.9 Å². The number of fused-ring (bicyclic) bond motifs is 1. The number of rotatable bonds is 3. The van der Waals surface area contributed by atoms with Gasteiger partial charge in [0.2, 0.25) is 5.91 Å². The van der Waals surface area contributed by atoms with Crippen LogP contribution in [0.3, 0.4) is 0 Å². The van der Waals surface area contributed by atoms with Gasteiger partial charge in [-0.2, -0.15) is 0 Å². The van der Waals surface area contributed by atoms with Crippen LogP contribution in [-0.4, -0.2) is 24.0 Å². The second-order valence-electron chi connectivity index (χ2n) is 5.28. The van der Waals surface area contributed by atoms with E-state index in [1.807, 2.05) is 6.07 Å². The van der Waals surface area contributed by atoms with Crippen LogP contribution in [0, 0.1) is 5.92 Å². The van der Waals surface area contributed by atoms with E-state index in [2.05, 4.69) is 16.2 Å². The Morgan fingerprint density at radius 3 is 2.75 bits per heavy atom. The number of benzene rings is 1. The molecule has 9 heteroatoms. The van der Waals surface area contributed by atoms with Crippen molar-refractivity contribution in [2.75, 3.05) is 7.11 Å². The zero-order valence-electron chi connectivity index (χ0n) is 12.6. The molecule has 24 heavy (non-hydrogen) atoms. The number of hydrazine groups is 1. The van der Waals surface area contributed by atoms with E-state index in [-0.39, 0.29) is 16.9 Å². The van der Waals surface area contributed by atoms with Gasteiger partial charge in [-0.15, -0.1) is 11.3 Å². The first-order valence-corrected chi connectivity index (χ1v) is 8.77. The van der Waals surface area contributed by atoms with Gasteiger partial charge in [-0.3, -0.25) is 25.8 Å². The van der Waals surface area contributed by atoms with Crippen LogP contribution in [0.5, 0.6) is 5.75 Å². The van der Waals surface area contributed by atoms with Crippen LogP contribution in [0.25, 0.3) is 10.1 Å². The molecule has 0 spiro atoms. The fourth-order valence-electron chi connectivity index (χ4n) is 2.08. The molecule has 1 heterocycles. The van der Waals surface area contributed by atoms with Crippen molar-refractivity contribution in [1.82, 2.24) is 16.2 Å². The number of halogens is 1. The quantitative estimate of drug-likeness (QED) is 0.561. The summed E-state index contributed by atoms with van der Waals surface area (Å²) in [4.78, 5) is 24.2. The maximum Gasteiger partial charge on any atom is 0.269 e. The zero-order valence-corrected chi connectivity index (χ0v) is 15.0. The molecule has 1 aliphatic carbocycles. The topological polar surface area (TPSA) is 79.5 Å². The van der Waals surface area contributed by atoms with E-state index in [1.165, 1.54) is 11.3 Å². The number of carbonyl (C=O) groups is 2. The summed E-state index contributed by atoms with van der Waals surface area (Å²) < 4.78 is 6.01. The van der Waals surface area contributed by atoms with E-state index in [4.69, 9.17) is 28.6 Å². The molecule has 0 radical (unpaired) electrons. The molecule has 1 aliphatic rings. The molecular formula is C15H14ClN3O3S2. The number of carbonyl (C=O) groups excluding carboxylic acids is 2. The van der Waals surface area contributed by atoms with Gasteiger partial charge in [0.05, 0.1) is 12.1 Å². The molecule has 0 bridgehead atoms. The summed E-state index contributed by atoms with van der Waals surface area (Å²) in [5.74, 6) is 0.173. The predicted octanol–water partition coefficient (Wildman–Crippen LogP) is 2.61. The van der Waals surface area contributed by atoms with Crippen LogP contribution in [0.15, 0.2) is 18.2 Å². The molecular weight excluding hydrogens is 370 g/mol. The zero-order chi connectivity index (χ0) is 17.3. The lowest BCUT2D eigenvalue weighted by atomic mass is 10.2. The Hall–Kier alpha value is -1.90. The lowest BCUT2D eigenvalue weighted by Gasteiger charge is -2.09. The molecule has 2 amide bonds. The number of methoxy groups -OCH3 is 1. The average Bonchev–Trinajstić information content (AvgIpc) is 3.37. The minimum absolute atomic E-state index is 0.0140. The third kappa shape index (κ3) is 3.61. The number of nitrogens with one attached hydrogen (secondary N) is 3. The lowest BCUT2D eigenvalue weighted by molar-refractivity contribution is -0.122. The summed E-state index contributed by atoms with van der Waals surface area (Å²) in [6.45, 7) is 0. The Morgan fingerprint density at radius 2 is 2.08 bits per heavy atom. The van der Waals surface area contributed by atoms with Crippen LogP contribution in [0.4, 0.5) is 0 Å². The Balaban J connectivity index is 1.67. The molecule has 1 fully saturated rings. The van der Waals surface area contributed by atoms with Gasteiger partial charge in [-0.1, -0.05) is 11.6 Å². The number of amides is 2. The maximum absolute atomic E-state index is 12.3. The van der Waals surface area contributed by atoms with Crippen molar-refractivity contribution >= 4 is 62.2 Å². The Bertz CT molecular complexity index is 833. The van der Waals surface area contributed by atoms with Gasteiger partial charge in [0, 0.05) is 16.0 Å². The monoisotopic (exact) mass is 383 g/mol. The molecule has 1 aromatic carbocycles. The summed E-state index contributed by atoms with van der Waals surface area (Å²) in [5, 5.41) is 3.65. The Labute approximate surface area is 152 Å². The average molecular weight is 384 g/mol. The summed E-state index contributed by atoms with van der Waals surface area (Å²) >= 11 is 12.5. The molecule has 0 unspecified atom stereocenters. The highest BCUT2D eigenvalue weighted by Gasteiger charge is 2.29. The van der Waals surface area contributed by atoms with Gasteiger partial charge in [-0.25, -0.2) is 0 Å². The fraction of sp³-hybridized carbons (Fsp3) is 0.267. The van der Waals surface area contributed by atoms with E-state index in [1.54, 1.807) is 19.2 Å². The van der Waals surface area contributed by atoms with Crippen molar-refractivity contribution in [3.05, 3.63) is 28.1 Å². The van der Waals surface area contributed by atoms with Crippen molar-refractivity contribution in [1.29, 1.82) is 0 Å². The predicted molar refractivity (Wildman–Crippen MR) is 97.5 cm³/mol. The van der Waals surface area contributed by atoms with E-state index in [0.29, 0.717) is 15.6 Å². The van der Waals surface area contributed by atoms with Gasteiger partial charge >= 0.3 is 0 Å². The maximum atomic E-state index is 12.3. The second-order valence-corrected chi connectivity index (χ2v) is 7.12. The van der Waals surface area contributed by atoms with Crippen LogP contribution in [-0.2, 0) is 4.79 Å². The van der Waals surface area contributed by atoms with Crippen LogP contribution in [0.1, 0.15) is 22.5 Å². The lowest BCUT2D eigenvalue weighted by Crippen LogP contribution is -2.48. The summed E-state index contributed by atoms with van der Waals surface area (Å²) in [6.07, 6.45) is 1.76. The second kappa shape index (κ2) is 6.92. The normalized spacial score (nSPS) is 13.4. The number of hydrogen-bond donors (Lipinski definition) is 3. The van der Waals surface area contributed by atoms with Crippen molar-refractivity contribution in [2.24, 2.45) is 5.92 Å². The van der Waals surface area contributed by atoms with E-state index < -0.39 is 5.91 Å². The van der Waals surface area contributed by atoms with Gasteiger partial charge in [0.25, 0.3) is 5.91 Å². The van der Waals surface area contributed by atoms with Crippen molar-refractivity contribution in [3.8, 4) is 5.75 Å². The minimum Gasteiger partial charge on any atom is -0.497 e. The molecule has 0 saturated heterocycles. The largest absolute Gasteiger partial charge is 0.497 e. The van der Waals surface area contributed by atoms with Gasteiger partial charge in [0.15, 0.2) is 5.11 Å². The van der Waals surface area contributed by atoms with Gasteiger partial charge in [0.1, 0.15) is 10.6 Å². The fourth-order valence-corrected chi connectivity index (χ4v) is 3.66. The van der Waals surface area contributed by atoms with Gasteiger partial charge < -0.3 is 4.74 Å². The van der Waals surface area contributed by atoms with Crippen molar-refractivity contribution in [3.63, 3.8) is 0 Å². The molecule has 0 atom stereocenters. The van der Waals surface area contributed by atoms with Crippen molar-refractivity contribution in [2.45, 2.75) is 12.8 Å². The van der Waals surface area contributed by atoms with Crippen molar-refractivity contribution < 1.29 is 14.3 Å². The SMILES string of the molecule is COc1ccc2c(Cl)c(C(=O)NC(=S)NNC(=O)C3CC3)sc2c1. The summed E-state index contributed by atoms with van der Waals surface area (Å²) in [7, 11) is 1.57. The van der Waals surface area contributed by atoms with E-state index >= 15 is 0 Å². The molecule has 1 saturated carbocycles. The molecule has 6 nitrogen and oxygen atoms in total. The van der Waals surface area contributed by atoms with Crippen LogP contribution < -0.4 is 20.9 Å². The third-order valence-corrected chi connectivity index (χ3v) is 5.38.